The molecule has 0 saturated carbocycles. The Kier molecular flexibility index (Phi) is 5.54. The Labute approximate surface area is 140 Å². The first kappa shape index (κ1) is 16.8. The quantitative estimate of drug-likeness (QED) is 0.644. The van der Waals surface area contributed by atoms with Crippen molar-refractivity contribution in [2.24, 2.45) is 0 Å². The van der Waals surface area contributed by atoms with Gasteiger partial charge < -0.3 is 20.1 Å². The first-order valence-electron chi connectivity index (χ1n) is 6.94. The van der Waals surface area contributed by atoms with Gasteiger partial charge in [-0.05, 0) is 43.4 Å². The van der Waals surface area contributed by atoms with Crippen molar-refractivity contribution < 1.29 is 14.3 Å². The minimum absolute atomic E-state index is 0.00403. The van der Waals surface area contributed by atoms with Crippen LogP contribution >= 0.6 is 12.2 Å². The van der Waals surface area contributed by atoms with Gasteiger partial charge in [0.15, 0.2) is 10.9 Å². The maximum Gasteiger partial charge on any atom is 0.175 e. The second-order valence-electron chi connectivity index (χ2n) is 4.78. The molecule has 0 spiro atoms. The third kappa shape index (κ3) is 4.43. The molecule has 0 aliphatic carbocycles. The molecule has 0 bridgehead atoms. The molecule has 0 heterocycles. The Morgan fingerprint density at radius 1 is 1.04 bits per heavy atom. The number of anilines is 2. The molecule has 2 aromatic carbocycles. The van der Waals surface area contributed by atoms with E-state index < -0.39 is 0 Å². The predicted octanol–water partition coefficient (Wildman–Crippen LogP) is 3.72. The lowest BCUT2D eigenvalue weighted by atomic mass is 10.1. The molecule has 2 aromatic rings. The fourth-order valence-corrected chi connectivity index (χ4v) is 2.23. The summed E-state index contributed by atoms with van der Waals surface area (Å²) in [6, 6.07) is 12.5. The average Bonchev–Trinajstić information content (AvgIpc) is 2.55. The van der Waals surface area contributed by atoms with Gasteiger partial charge in [0, 0.05) is 17.3 Å². The van der Waals surface area contributed by atoms with E-state index in [0.29, 0.717) is 27.9 Å². The Balaban J connectivity index is 2.10. The Morgan fingerprint density at radius 2 is 1.83 bits per heavy atom. The Morgan fingerprint density at radius 3 is 2.48 bits per heavy atom. The molecule has 5 nitrogen and oxygen atoms in total. The lowest BCUT2D eigenvalue weighted by Crippen LogP contribution is -2.19. The van der Waals surface area contributed by atoms with Gasteiger partial charge in [-0.2, -0.15) is 0 Å². The maximum atomic E-state index is 11.4. The summed E-state index contributed by atoms with van der Waals surface area (Å²) in [5.74, 6) is 1.32. The number of ketones is 1. The lowest BCUT2D eigenvalue weighted by molar-refractivity contribution is 0.101. The van der Waals surface area contributed by atoms with Crippen molar-refractivity contribution in [3.63, 3.8) is 0 Å². The molecule has 0 radical (unpaired) electrons. The highest BCUT2D eigenvalue weighted by atomic mass is 32.1. The zero-order valence-electron chi connectivity index (χ0n) is 13.2. The van der Waals surface area contributed by atoms with Crippen molar-refractivity contribution in [3.8, 4) is 11.5 Å². The van der Waals surface area contributed by atoms with Crippen molar-refractivity contribution in [1.29, 1.82) is 0 Å². The standard InChI is InChI=1S/C17H18N2O3S/c1-11(20)12-5-4-6-13(9-12)18-17(23)19-15-8-7-14(21-2)10-16(15)22-3/h4-10H,1-3H3,(H2,18,19,23). The van der Waals surface area contributed by atoms with Crippen LogP contribution in [0.25, 0.3) is 0 Å². The summed E-state index contributed by atoms with van der Waals surface area (Å²) in [5, 5.41) is 6.51. The summed E-state index contributed by atoms with van der Waals surface area (Å²) in [6.07, 6.45) is 0. The molecule has 0 aliphatic heterocycles. The summed E-state index contributed by atoms with van der Waals surface area (Å²) in [7, 11) is 3.17. The van der Waals surface area contributed by atoms with Crippen molar-refractivity contribution in [2.45, 2.75) is 6.92 Å². The number of carbonyl (C=O) groups excluding carboxylic acids is 1. The summed E-state index contributed by atoms with van der Waals surface area (Å²) in [4.78, 5) is 11.4. The van der Waals surface area contributed by atoms with Gasteiger partial charge in [0.25, 0.3) is 0 Å². The Hall–Kier alpha value is -2.60. The normalized spacial score (nSPS) is 9.87. The highest BCUT2D eigenvalue weighted by Crippen LogP contribution is 2.29. The van der Waals surface area contributed by atoms with Gasteiger partial charge in [-0.15, -0.1) is 0 Å². The Bertz CT molecular complexity index is 732. The lowest BCUT2D eigenvalue weighted by Gasteiger charge is -2.14. The van der Waals surface area contributed by atoms with Crippen LogP contribution in [0.15, 0.2) is 42.5 Å². The van der Waals surface area contributed by atoms with E-state index >= 15 is 0 Å². The highest BCUT2D eigenvalue weighted by molar-refractivity contribution is 7.80. The third-order valence-electron chi connectivity index (χ3n) is 3.18. The van der Waals surface area contributed by atoms with E-state index in [9.17, 15) is 4.79 Å². The number of carbonyl (C=O) groups is 1. The minimum Gasteiger partial charge on any atom is -0.497 e. The fraction of sp³-hybridized carbons (Fsp3) is 0.176. The first-order valence-corrected chi connectivity index (χ1v) is 7.35. The van der Waals surface area contributed by atoms with Gasteiger partial charge in [-0.1, -0.05) is 12.1 Å². The van der Waals surface area contributed by atoms with Crippen molar-refractivity contribution in [3.05, 3.63) is 48.0 Å². The number of ether oxygens (including phenoxy) is 2. The maximum absolute atomic E-state index is 11.4. The van der Waals surface area contributed by atoms with E-state index in [1.54, 1.807) is 38.5 Å². The van der Waals surface area contributed by atoms with Crippen LogP contribution in [-0.4, -0.2) is 25.1 Å². The second kappa shape index (κ2) is 7.60. The first-order chi connectivity index (χ1) is 11.0. The highest BCUT2D eigenvalue weighted by Gasteiger charge is 2.07. The second-order valence-corrected chi connectivity index (χ2v) is 5.19. The largest absolute Gasteiger partial charge is 0.497 e. The van der Waals surface area contributed by atoms with E-state index in [1.165, 1.54) is 6.92 Å². The van der Waals surface area contributed by atoms with Crippen LogP contribution in [-0.2, 0) is 0 Å². The molecule has 2 N–H and O–H groups in total. The molecular formula is C17H18N2O3S. The summed E-state index contributed by atoms with van der Waals surface area (Å²) in [6.45, 7) is 1.53. The van der Waals surface area contributed by atoms with Gasteiger partial charge in [-0.3, -0.25) is 4.79 Å². The van der Waals surface area contributed by atoms with E-state index in [-0.39, 0.29) is 5.78 Å². The molecule has 23 heavy (non-hydrogen) atoms. The minimum atomic E-state index is 0.00403. The average molecular weight is 330 g/mol. The van der Waals surface area contributed by atoms with Crippen LogP contribution in [0, 0.1) is 0 Å². The van der Waals surface area contributed by atoms with Crippen LogP contribution in [0.2, 0.25) is 0 Å². The SMILES string of the molecule is COc1ccc(NC(=S)Nc2cccc(C(C)=O)c2)c(OC)c1. The molecule has 0 saturated heterocycles. The number of methoxy groups -OCH3 is 2. The number of hydrogen-bond acceptors (Lipinski definition) is 4. The zero-order valence-corrected chi connectivity index (χ0v) is 14.0. The molecule has 6 heteroatoms. The van der Waals surface area contributed by atoms with Gasteiger partial charge in [0.2, 0.25) is 0 Å². The molecule has 120 valence electrons. The van der Waals surface area contributed by atoms with Crippen LogP contribution < -0.4 is 20.1 Å². The number of nitrogens with one attached hydrogen (secondary N) is 2. The van der Waals surface area contributed by atoms with Gasteiger partial charge in [-0.25, -0.2) is 0 Å². The van der Waals surface area contributed by atoms with E-state index in [0.717, 1.165) is 5.69 Å². The number of Topliss-reactive ketones (excluding diaryl/α,β-unsaturated/α-hetero) is 1. The van der Waals surface area contributed by atoms with Crippen molar-refractivity contribution in [1.82, 2.24) is 0 Å². The van der Waals surface area contributed by atoms with Gasteiger partial charge in [0.05, 0.1) is 19.9 Å². The smallest absolute Gasteiger partial charge is 0.175 e. The van der Waals surface area contributed by atoms with Crippen molar-refractivity contribution >= 4 is 34.5 Å². The van der Waals surface area contributed by atoms with Crippen LogP contribution in [0.1, 0.15) is 17.3 Å². The van der Waals surface area contributed by atoms with Gasteiger partial charge >= 0.3 is 0 Å². The van der Waals surface area contributed by atoms with Crippen LogP contribution in [0.5, 0.6) is 11.5 Å². The molecule has 0 unspecified atom stereocenters. The molecule has 0 aromatic heterocycles. The molecule has 0 atom stereocenters. The van der Waals surface area contributed by atoms with E-state index in [1.807, 2.05) is 18.2 Å². The van der Waals surface area contributed by atoms with Gasteiger partial charge in [0.1, 0.15) is 11.5 Å². The monoisotopic (exact) mass is 330 g/mol. The molecular weight excluding hydrogens is 312 g/mol. The predicted molar refractivity (Wildman–Crippen MR) is 95.8 cm³/mol. The summed E-state index contributed by atoms with van der Waals surface area (Å²) < 4.78 is 10.5. The number of benzene rings is 2. The fourth-order valence-electron chi connectivity index (χ4n) is 2.00. The molecule has 0 aliphatic rings. The number of rotatable bonds is 5. The molecule has 2 rings (SSSR count). The molecule has 0 amide bonds. The van der Waals surface area contributed by atoms with Crippen LogP contribution in [0.3, 0.4) is 0 Å². The van der Waals surface area contributed by atoms with E-state index in [4.69, 9.17) is 21.7 Å². The van der Waals surface area contributed by atoms with E-state index in [2.05, 4.69) is 10.6 Å². The van der Waals surface area contributed by atoms with Crippen LogP contribution in [0.4, 0.5) is 11.4 Å². The summed E-state index contributed by atoms with van der Waals surface area (Å²) in [5.41, 5.74) is 2.08. The summed E-state index contributed by atoms with van der Waals surface area (Å²) >= 11 is 5.30. The number of thiocarbonyl (C=S) groups is 1. The van der Waals surface area contributed by atoms with Crippen molar-refractivity contribution in [2.75, 3.05) is 24.9 Å². The topological polar surface area (TPSA) is 59.6 Å². The number of hydrogen-bond donors (Lipinski definition) is 2. The zero-order chi connectivity index (χ0) is 16.8. The molecule has 0 fully saturated rings. The third-order valence-corrected chi connectivity index (χ3v) is 3.39.